The molecule has 138 valence electrons. The zero-order chi connectivity index (χ0) is 19.2. The number of para-hydroxylation sites is 1. The first-order chi connectivity index (χ1) is 13.1. The molecule has 0 aliphatic heterocycles. The number of esters is 1. The molecule has 0 aliphatic rings. The maximum atomic E-state index is 12.8. The van der Waals surface area contributed by atoms with Crippen LogP contribution in [0.1, 0.15) is 10.4 Å². The van der Waals surface area contributed by atoms with Crippen LogP contribution >= 0.6 is 0 Å². The molecule has 2 aromatic heterocycles. The molecule has 0 saturated heterocycles. The maximum absolute atomic E-state index is 12.8. The number of aromatic nitrogens is 3. The van der Waals surface area contributed by atoms with Gasteiger partial charge in [-0.15, -0.1) is 0 Å². The molecule has 27 heavy (non-hydrogen) atoms. The van der Waals surface area contributed by atoms with E-state index >= 15 is 0 Å². The Bertz CT molecular complexity index is 925. The van der Waals surface area contributed by atoms with Crippen LogP contribution in [0.2, 0.25) is 0 Å². The summed E-state index contributed by atoms with van der Waals surface area (Å²) in [6.45, 7) is -0.576. The quantitative estimate of drug-likeness (QED) is 0.635. The van der Waals surface area contributed by atoms with Gasteiger partial charge in [0.15, 0.2) is 6.04 Å². The molecule has 2 N–H and O–H groups in total. The van der Waals surface area contributed by atoms with Gasteiger partial charge in [0, 0.05) is 24.2 Å². The zero-order valence-corrected chi connectivity index (χ0v) is 14.6. The van der Waals surface area contributed by atoms with Crippen LogP contribution in [0.4, 0.5) is 0 Å². The summed E-state index contributed by atoms with van der Waals surface area (Å²) in [5.41, 5.74) is 2.07. The molecule has 0 unspecified atom stereocenters. The van der Waals surface area contributed by atoms with Crippen molar-refractivity contribution in [3.05, 3.63) is 66.6 Å². The summed E-state index contributed by atoms with van der Waals surface area (Å²) in [7, 11) is 1.19. The molecule has 0 bridgehead atoms. The van der Waals surface area contributed by atoms with E-state index in [2.05, 4.69) is 20.1 Å². The third kappa shape index (κ3) is 4.01. The number of nitrogens with zero attached hydrogens (tertiary/aromatic N) is 3. The Morgan fingerprint density at radius 2 is 2.00 bits per heavy atom. The predicted molar refractivity (Wildman–Crippen MR) is 97.2 cm³/mol. The maximum Gasteiger partial charge on any atom is 0.330 e. The first-order valence-corrected chi connectivity index (χ1v) is 8.19. The highest BCUT2D eigenvalue weighted by Gasteiger charge is 2.25. The van der Waals surface area contributed by atoms with Gasteiger partial charge < -0.3 is 15.2 Å². The molecule has 0 saturated carbocycles. The van der Waals surface area contributed by atoms with Crippen LogP contribution in [0.3, 0.4) is 0 Å². The lowest BCUT2D eigenvalue weighted by atomic mass is 10.1. The normalized spacial score (nSPS) is 11.6. The van der Waals surface area contributed by atoms with Crippen LogP contribution in [0.25, 0.3) is 16.9 Å². The van der Waals surface area contributed by atoms with E-state index in [9.17, 15) is 14.7 Å². The van der Waals surface area contributed by atoms with E-state index in [-0.39, 0.29) is 5.56 Å². The molecule has 1 amide bonds. The Balaban J connectivity index is 2.01. The fourth-order valence-electron chi connectivity index (χ4n) is 2.53. The number of rotatable bonds is 6. The summed E-state index contributed by atoms with van der Waals surface area (Å²) in [5, 5.41) is 16.3. The van der Waals surface area contributed by atoms with Crippen LogP contribution in [0.15, 0.2) is 61.1 Å². The van der Waals surface area contributed by atoms with E-state index in [0.717, 1.165) is 5.69 Å². The molecule has 1 aromatic carbocycles. The van der Waals surface area contributed by atoms with Crippen molar-refractivity contribution in [1.29, 1.82) is 0 Å². The number of ether oxygens (including phenoxy) is 1. The highest BCUT2D eigenvalue weighted by molar-refractivity contribution is 6.01. The molecule has 0 radical (unpaired) electrons. The van der Waals surface area contributed by atoms with Crippen molar-refractivity contribution in [3.63, 3.8) is 0 Å². The molecular formula is C19H18N4O4. The number of carbonyl (C=O) groups excluding carboxylic acids is 2. The Kier molecular flexibility index (Phi) is 5.58. The molecule has 0 aliphatic carbocycles. The minimum Gasteiger partial charge on any atom is -0.467 e. The summed E-state index contributed by atoms with van der Waals surface area (Å²) in [4.78, 5) is 28.5. The van der Waals surface area contributed by atoms with Gasteiger partial charge in [0.2, 0.25) is 0 Å². The van der Waals surface area contributed by atoms with Gasteiger partial charge >= 0.3 is 5.97 Å². The Morgan fingerprint density at radius 3 is 2.63 bits per heavy atom. The summed E-state index contributed by atoms with van der Waals surface area (Å²) >= 11 is 0. The van der Waals surface area contributed by atoms with Crippen LogP contribution in [-0.4, -0.2) is 51.5 Å². The second-order valence-electron chi connectivity index (χ2n) is 5.64. The minimum absolute atomic E-state index is 0.245. The van der Waals surface area contributed by atoms with E-state index in [1.54, 1.807) is 35.4 Å². The Labute approximate surface area is 155 Å². The Morgan fingerprint density at radius 1 is 1.22 bits per heavy atom. The second-order valence-corrected chi connectivity index (χ2v) is 5.64. The van der Waals surface area contributed by atoms with Gasteiger partial charge in [-0.25, -0.2) is 9.48 Å². The lowest BCUT2D eigenvalue weighted by Crippen LogP contribution is -2.44. The van der Waals surface area contributed by atoms with Gasteiger partial charge in [-0.2, -0.15) is 5.10 Å². The second kappa shape index (κ2) is 8.24. The fraction of sp³-hybridized carbons (Fsp3) is 0.158. The molecular weight excluding hydrogens is 348 g/mol. The van der Waals surface area contributed by atoms with Gasteiger partial charge in [0.1, 0.15) is 5.69 Å². The number of aliphatic hydroxyl groups is 1. The van der Waals surface area contributed by atoms with Crippen molar-refractivity contribution in [2.75, 3.05) is 13.7 Å². The van der Waals surface area contributed by atoms with E-state index in [1.165, 1.54) is 7.11 Å². The third-order valence-electron chi connectivity index (χ3n) is 3.89. The lowest BCUT2D eigenvalue weighted by Gasteiger charge is -2.13. The highest BCUT2D eigenvalue weighted by atomic mass is 16.5. The number of benzene rings is 1. The van der Waals surface area contributed by atoms with E-state index in [4.69, 9.17) is 0 Å². The zero-order valence-electron chi connectivity index (χ0n) is 14.6. The smallest absolute Gasteiger partial charge is 0.330 e. The van der Waals surface area contributed by atoms with Crippen molar-refractivity contribution in [2.24, 2.45) is 0 Å². The summed E-state index contributed by atoms with van der Waals surface area (Å²) in [5.74, 6) is -1.29. The first kappa shape index (κ1) is 18.3. The van der Waals surface area contributed by atoms with Crippen LogP contribution in [-0.2, 0) is 9.53 Å². The number of aliphatic hydroxyl groups excluding tert-OH is 1. The van der Waals surface area contributed by atoms with Crippen molar-refractivity contribution in [1.82, 2.24) is 20.1 Å². The number of nitrogens with one attached hydrogen (secondary N) is 1. The molecule has 3 aromatic rings. The minimum atomic E-state index is -1.16. The van der Waals surface area contributed by atoms with Crippen LogP contribution < -0.4 is 5.32 Å². The largest absolute Gasteiger partial charge is 0.467 e. The fourth-order valence-corrected chi connectivity index (χ4v) is 2.53. The third-order valence-corrected chi connectivity index (χ3v) is 3.89. The topological polar surface area (TPSA) is 106 Å². The average molecular weight is 366 g/mol. The van der Waals surface area contributed by atoms with Crippen molar-refractivity contribution in [2.45, 2.75) is 6.04 Å². The standard InChI is InChI=1S/C19H18N4O4/c1-27-19(26)16(12-24)21-18(25)15-11-23(14-7-3-2-4-8-14)22-17(15)13-6-5-9-20-10-13/h2-11,16,24H,12H2,1H3,(H,21,25)/t16-/m0/s1. The number of hydrogen-bond acceptors (Lipinski definition) is 6. The van der Waals surface area contributed by atoms with Crippen LogP contribution in [0, 0.1) is 0 Å². The van der Waals surface area contributed by atoms with Crippen LogP contribution in [0.5, 0.6) is 0 Å². The first-order valence-electron chi connectivity index (χ1n) is 8.19. The highest BCUT2D eigenvalue weighted by Crippen LogP contribution is 2.23. The molecule has 8 heteroatoms. The van der Waals surface area contributed by atoms with Gasteiger partial charge in [0.25, 0.3) is 5.91 Å². The number of carbonyl (C=O) groups is 2. The Hall–Kier alpha value is -3.52. The summed E-state index contributed by atoms with van der Waals surface area (Å²) in [6.07, 6.45) is 4.79. The number of hydrogen-bond donors (Lipinski definition) is 2. The lowest BCUT2D eigenvalue weighted by molar-refractivity contribution is -0.143. The number of amides is 1. The average Bonchev–Trinajstić information content (AvgIpc) is 3.18. The molecule has 2 heterocycles. The van der Waals surface area contributed by atoms with Gasteiger partial charge in [-0.1, -0.05) is 18.2 Å². The molecule has 1 atom stereocenters. The van der Waals surface area contributed by atoms with Crippen molar-refractivity contribution >= 4 is 11.9 Å². The van der Waals surface area contributed by atoms with Crippen molar-refractivity contribution in [3.8, 4) is 16.9 Å². The molecule has 8 nitrogen and oxygen atoms in total. The SMILES string of the molecule is COC(=O)[C@H](CO)NC(=O)c1cn(-c2ccccc2)nc1-c1cccnc1. The van der Waals surface area contributed by atoms with Gasteiger partial charge in [0.05, 0.1) is 25.0 Å². The van der Waals surface area contributed by atoms with Gasteiger partial charge in [-0.3, -0.25) is 9.78 Å². The monoisotopic (exact) mass is 366 g/mol. The van der Waals surface area contributed by atoms with Crippen molar-refractivity contribution < 1.29 is 19.4 Å². The summed E-state index contributed by atoms with van der Waals surface area (Å²) in [6, 6.07) is 11.7. The van der Waals surface area contributed by atoms with E-state index in [1.807, 2.05) is 30.3 Å². The van der Waals surface area contributed by atoms with E-state index in [0.29, 0.717) is 11.3 Å². The van der Waals surface area contributed by atoms with E-state index < -0.39 is 24.5 Å². The number of methoxy groups -OCH3 is 1. The molecule has 0 spiro atoms. The predicted octanol–water partition coefficient (Wildman–Crippen LogP) is 1.20. The molecule has 0 fully saturated rings. The van der Waals surface area contributed by atoms with Gasteiger partial charge in [-0.05, 0) is 24.3 Å². The molecule has 3 rings (SSSR count). The number of pyridine rings is 1. The summed E-state index contributed by atoms with van der Waals surface area (Å²) < 4.78 is 6.16.